The van der Waals surface area contributed by atoms with E-state index in [0.29, 0.717) is 48.6 Å². The van der Waals surface area contributed by atoms with Crippen molar-refractivity contribution in [1.29, 1.82) is 0 Å². The van der Waals surface area contributed by atoms with Crippen molar-refractivity contribution >= 4 is 49.6 Å². The van der Waals surface area contributed by atoms with Crippen molar-refractivity contribution in [2.75, 3.05) is 31.6 Å². The molecular formula is C37H56BrF3N6O5Si2. The van der Waals surface area contributed by atoms with Gasteiger partial charge in [-0.25, -0.2) is 9.78 Å². The number of aliphatic hydroxyl groups is 1. The van der Waals surface area contributed by atoms with E-state index < -0.39 is 39.7 Å². The van der Waals surface area contributed by atoms with Gasteiger partial charge < -0.3 is 29.1 Å². The summed E-state index contributed by atoms with van der Waals surface area (Å²) < 4.78 is 60.7. The second-order valence-electron chi connectivity index (χ2n) is 18.0. The fraction of sp³-hybridized carbons (Fsp3) is 0.676. The zero-order valence-electron chi connectivity index (χ0n) is 33.0. The maximum Gasteiger partial charge on any atom is 0.420 e. The van der Waals surface area contributed by atoms with E-state index in [1.165, 1.54) is 18.3 Å². The lowest BCUT2D eigenvalue weighted by Gasteiger charge is -2.39. The number of fused-ring (bicyclic) bond motifs is 3. The second-order valence-corrected chi connectivity index (χ2v) is 30.1. The van der Waals surface area contributed by atoms with E-state index in [2.05, 4.69) is 60.2 Å². The van der Waals surface area contributed by atoms with Crippen molar-refractivity contribution in [3.63, 3.8) is 0 Å². The SMILES string of the molecule is CC(C)(C)OC(=O)N1C2CCC1CC(c1nc3c(-c4ccc(C(O)C(F)(F)F)nc4)cnn3c(N(COCC[Si](C)(C)C)COCC[Si](C)(C)C)c1Br)C2. The summed E-state index contributed by atoms with van der Waals surface area (Å²) in [5, 5.41) is 14.6. The molecule has 17 heteroatoms. The van der Waals surface area contributed by atoms with E-state index >= 15 is 0 Å². The lowest BCUT2D eigenvalue weighted by molar-refractivity contribution is -0.207. The average molecular weight is 858 g/mol. The molecule has 1 N–H and O–H groups in total. The highest BCUT2D eigenvalue weighted by Crippen LogP contribution is 2.47. The number of anilines is 1. The summed E-state index contributed by atoms with van der Waals surface area (Å²) in [7, 11) is -2.73. The van der Waals surface area contributed by atoms with Crippen molar-refractivity contribution in [3.05, 3.63) is 40.4 Å². The third kappa shape index (κ3) is 10.6. The summed E-state index contributed by atoms with van der Waals surface area (Å²) in [4.78, 5) is 26.4. The van der Waals surface area contributed by atoms with Gasteiger partial charge >= 0.3 is 12.3 Å². The highest BCUT2D eigenvalue weighted by molar-refractivity contribution is 9.10. The van der Waals surface area contributed by atoms with Crippen LogP contribution in [0, 0.1) is 0 Å². The fourth-order valence-corrected chi connectivity index (χ4v) is 9.24. The van der Waals surface area contributed by atoms with Crippen molar-refractivity contribution < 1.29 is 37.3 Å². The van der Waals surface area contributed by atoms with Gasteiger partial charge in [-0.3, -0.25) is 4.98 Å². The van der Waals surface area contributed by atoms with Gasteiger partial charge in [0.05, 0.1) is 22.1 Å². The van der Waals surface area contributed by atoms with Gasteiger partial charge in [-0.1, -0.05) is 45.3 Å². The van der Waals surface area contributed by atoms with E-state index in [9.17, 15) is 23.1 Å². The Morgan fingerprint density at radius 3 is 2.04 bits per heavy atom. The Morgan fingerprint density at radius 2 is 1.56 bits per heavy atom. The molecule has 54 heavy (non-hydrogen) atoms. The third-order valence-corrected chi connectivity index (χ3v) is 14.0. The summed E-state index contributed by atoms with van der Waals surface area (Å²) in [5.41, 5.74) is 1.25. The van der Waals surface area contributed by atoms with Gasteiger partial charge in [0, 0.05) is 64.7 Å². The average Bonchev–Trinajstić information content (AvgIpc) is 3.59. The first kappa shape index (κ1) is 42.6. The number of hydrogen-bond acceptors (Lipinski definition) is 9. The minimum atomic E-state index is -4.84. The number of carbonyl (C=O) groups excluding carboxylic acids is 1. The normalized spacial score (nSPS) is 20.1. The number of piperidine rings is 1. The van der Waals surface area contributed by atoms with Crippen LogP contribution in [0.1, 0.15) is 69.9 Å². The Hall–Kier alpha value is -2.58. The highest BCUT2D eigenvalue weighted by Gasteiger charge is 2.46. The third-order valence-electron chi connectivity index (χ3n) is 9.79. The van der Waals surface area contributed by atoms with Crippen LogP contribution in [0.3, 0.4) is 0 Å². The number of alkyl halides is 3. The van der Waals surface area contributed by atoms with E-state index in [1.807, 2.05) is 30.6 Å². The first-order valence-electron chi connectivity index (χ1n) is 18.7. The smallest absolute Gasteiger partial charge is 0.420 e. The molecule has 3 aromatic heterocycles. The number of carbonyl (C=O) groups is 1. The van der Waals surface area contributed by atoms with Crippen molar-refractivity contribution in [3.8, 4) is 11.1 Å². The highest BCUT2D eigenvalue weighted by atomic mass is 79.9. The van der Waals surface area contributed by atoms with Crippen LogP contribution in [0.4, 0.5) is 23.8 Å². The Kier molecular flexibility index (Phi) is 13.0. The zero-order valence-corrected chi connectivity index (χ0v) is 36.6. The topological polar surface area (TPSA) is 115 Å². The molecule has 5 rings (SSSR count). The van der Waals surface area contributed by atoms with Crippen LogP contribution >= 0.6 is 15.9 Å². The van der Waals surface area contributed by atoms with Crippen molar-refractivity contribution in [2.24, 2.45) is 0 Å². The second kappa shape index (κ2) is 16.5. The molecule has 2 aliphatic rings. The monoisotopic (exact) mass is 856 g/mol. The first-order chi connectivity index (χ1) is 25.0. The number of pyridine rings is 1. The van der Waals surface area contributed by atoms with Gasteiger partial charge in [0.15, 0.2) is 17.6 Å². The lowest BCUT2D eigenvalue weighted by atomic mass is 9.88. The summed E-state index contributed by atoms with van der Waals surface area (Å²) in [6.45, 7) is 21.1. The number of aliphatic hydroxyl groups excluding tert-OH is 1. The van der Waals surface area contributed by atoms with Crippen LogP contribution in [0.25, 0.3) is 16.8 Å². The molecule has 2 bridgehead atoms. The number of hydrogen-bond donors (Lipinski definition) is 1. The lowest BCUT2D eigenvalue weighted by Crippen LogP contribution is -2.48. The zero-order chi connectivity index (χ0) is 39.8. The molecule has 2 saturated heterocycles. The predicted octanol–water partition coefficient (Wildman–Crippen LogP) is 9.23. The van der Waals surface area contributed by atoms with Gasteiger partial charge in [-0.15, -0.1) is 0 Å². The van der Waals surface area contributed by atoms with Gasteiger partial charge in [-0.2, -0.15) is 22.8 Å². The van der Waals surface area contributed by atoms with E-state index in [0.717, 1.165) is 35.1 Å². The number of rotatable bonds is 14. The molecule has 2 aliphatic heterocycles. The molecule has 300 valence electrons. The Bertz CT molecular complexity index is 1720. The molecule has 0 saturated carbocycles. The number of amides is 1. The Morgan fingerprint density at radius 1 is 0.981 bits per heavy atom. The number of ether oxygens (including phenoxy) is 3. The number of nitrogens with zero attached hydrogens (tertiary/aromatic N) is 6. The summed E-state index contributed by atoms with van der Waals surface area (Å²) in [6.07, 6.45) is -1.78. The minimum absolute atomic E-state index is 0.0101. The number of aromatic nitrogens is 4. The van der Waals surface area contributed by atoms with E-state index in [4.69, 9.17) is 24.3 Å². The molecule has 1 amide bonds. The molecule has 11 nitrogen and oxygen atoms in total. The maximum atomic E-state index is 13.3. The standard InChI is InChI=1S/C37H56BrF3N6O5Si2/c1-36(2,3)52-35(49)46-26-11-12-27(46)19-25(18-26)31-30(38)34(45(22-50-14-16-53(4,5)6)23-51-15-17-54(7,8)9)47-33(44-31)28(21-43-47)24-10-13-29(42-20-24)32(48)37(39,40)41/h10,13,20-21,25-27,32,48H,11-12,14-19,22-23H2,1-9H3. The van der Waals surface area contributed by atoms with Crippen molar-refractivity contribution in [1.82, 2.24) is 24.5 Å². The van der Waals surface area contributed by atoms with Gasteiger partial charge in [0.2, 0.25) is 0 Å². The van der Waals surface area contributed by atoms with Crippen LogP contribution in [0.15, 0.2) is 29.0 Å². The van der Waals surface area contributed by atoms with Crippen molar-refractivity contribution in [2.45, 2.75) is 134 Å². The van der Waals surface area contributed by atoms with Gasteiger partial charge in [0.1, 0.15) is 19.1 Å². The Balaban J connectivity index is 1.57. The Labute approximate surface area is 327 Å². The van der Waals surface area contributed by atoms with Crippen LogP contribution < -0.4 is 4.90 Å². The maximum absolute atomic E-state index is 13.3. The quantitative estimate of drug-likeness (QED) is 0.0963. The van der Waals surface area contributed by atoms with Crippen LogP contribution in [-0.4, -0.2) is 102 Å². The largest absolute Gasteiger partial charge is 0.444 e. The number of halogens is 4. The van der Waals surface area contributed by atoms with E-state index in [-0.39, 0.29) is 37.6 Å². The molecule has 0 radical (unpaired) electrons. The van der Waals surface area contributed by atoms with Gasteiger partial charge in [0.25, 0.3) is 0 Å². The molecular weight excluding hydrogens is 802 g/mol. The van der Waals surface area contributed by atoms with Crippen LogP contribution in [0.5, 0.6) is 0 Å². The molecule has 0 aromatic carbocycles. The first-order valence-corrected chi connectivity index (χ1v) is 26.9. The molecule has 5 heterocycles. The van der Waals surface area contributed by atoms with E-state index in [1.54, 1.807) is 10.7 Å². The molecule has 0 aliphatic carbocycles. The molecule has 2 fully saturated rings. The summed E-state index contributed by atoms with van der Waals surface area (Å²) in [6, 6.07) is 4.63. The summed E-state index contributed by atoms with van der Waals surface area (Å²) in [5.74, 6) is 0.660. The minimum Gasteiger partial charge on any atom is -0.444 e. The van der Waals surface area contributed by atoms with Crippen LogP contribution in [-0.2, 0) is 14.2 Å². The van der Waals surface area contributed by atoms with Crippen LogP contribution in [0.2, 0.25) is 51.4 Å². The summed E-state index contributed by atoms with van der Waals surface area (Å²) >= 11 is 3.96. The fourth-order valence-electron chi connectivity index (χ4n) is 6.90. The molecule has 0 spiro atoms. The predicted molar refractivity (Wildman–Crippen MR) is 212 cm³/mol. The molecule has 3 unspecified atom stereocenters. The molecule has 3 atom stereocenters. The van der Waals surface area contributed by atoms with Gasteiger partial charge in [-0.05, 0) is 80.5 Å². The molecule has 3 aromatic rings.